The predicted octanol–water partition coefficient (Wildman–Crippen LogP) is 4.42. The van der Waals surface area contributed by atoms with Crippen LogP contribution in [0.15, 0.2) is 54.6 Å². The normalized spacial score (nSPS) is 15.3. The lowest BCUT2D eigenvalue weighted by Gasteiger charge is -2.21. The first kappa shape index (κ1) is 16.4. The van der Waals surface area contributed by atoms with E-state index in [0.717, 1.165) is 5.56 Å². The van der Waals surface area contributed by atoms with Crippen LogP contribution in [0, 0.1) is 0 Å². The summed E-state index contributed by atoms with van der Waals surface area (Å²) < 4.78 is 0.496. The van der Waals surface area contributed by atoms with E-state index in [1.54, 1.807) is 0 Å². The van der Waals surface area contributed by atoms with Crippen LogP contribution in [-0.2, 0) is 11.4 Å². The van der Waals surface area contributed by atoms with Crippen molar-refractivity contribution < 1.29 is 9.63 Å². The summed E-state index contributed by atoms with van der Waals surface area (Å²) in [5, 5.41) is 0. The number of carbonyl (C=O) groups excluding carboxylic acids is 1. The zero-order valence-electron chi connectivity index (χ0n) is 12.7. The van der Waals surface area contributed by atoms with Gasteiger partial charge in [-0.1, -0.05) is 42.5 Å². The second-order valence-corrected chi connectivity index (χ2v) is 7.98. The minimum atomic E-state index is -0.212. The Labute approximate surface area is 145 Å². The van der Waals surface area contributed by atoms with Gasteiger partial charge < -0.3 is 0 Å². The van der Waals surface area contributed by atoms with Crippen LogP contribution in [0.2, 0.25) is 0 Å². The number of rotatable bonds is 5. The molecule has 0 unspecified atom stereocenters. The molecule has 1 aliphatic rings. The third kappa shape index (κ3) is 4.77. The highest BCUT2D eigenvalue weighted by Gasteiger charge is 2.16. The lowest BCUT2D eigenvalue weighted by Crippen LogP contribution is -2.23. The smallest absolute Gasteiger partial charge is 0.269 e. The monoisotopic (exact) mass is 345 g/mol. The minimum absolute atomic E-state index is 0.212. The first-order valence-corrected chi connectivity index (χ1v) is 9.72. The summed E-state index contributed by atoms with van der Waals surface area (Å²) in [6.45, 7) is 0.361. The molecule has 0 saturated carbocycles. The second kappa shape index (κ2) is 8.43. The number of hydrogen-bond acceptors (Lipinski definition) is 4. The van der Waals surface area contributed by atoms with Crippen molar-refractivity contribution in [3.8, 4) is 0 Å². The van der Waals surface area contributed by atoms with Crippen molar-refractivity contribution in [2.75, 3.05) is 11.5 Å². The molecular weight excluding hydrogens is 326 g/mol. The molecule has 2 aromatic rings. The van der Waals surface area contributed by atoms with Gasteiger partial charge in [-0.25, -0.2) is 5.48 Å². The van der Waals surface area contributed by atoms with Gasteiger partial charge in [0.1, 0.15) is 0 Å². The van der Waals surface area contributed by atoms with Crippen molar-refractivity contribution >= 4 is 29.4 Å². The Hall–Kier alpha value is -1.43. The third-order valence-electron chi connectivity index (χ3n) is 3.52. The van der Waals surface area contributed by atoms with Gasteiger partial charge >= 0.3 is 0 Å². The van der Waals surface area contributed by atoms with Gasteiger partial charge in [0.15, 0.2) is 0 Å². The topological polar surface area (TPSA) is 38.3 Å². The molecule has 0 aliphatic carbocycles. The van der Waals surface area contributed by atoms with E-state index in [-0.39, 0.29) is 5.91 Å². The van der Waals surface area contributed by atoms with Crippen LogP contribution in [0.5, 0.6) is 0 Å². The number of hydrogen-bond donors (Lipinski definition) is 1. The number of nitrogens with one attached hydrogen (secondary N) is 1. The highest BCUT2D eigenvalue weighted by molar-refractivity contribution is 8.16. The summed E-state index contributed by atoms with van der Waals surface area (Å²) >= 11 is 3.96. The SMILES string of the molecule is O=C(NOCc1ccccc1)c1ccc(C2SCCCS2)cc1. The van der Waals surface area contributed by atoms with Gasteiger partial charge in [0.25, 0.3) is 5.91 Å². The molecule has 5 heteroatoms. The summed E-state index contributed by atoms with van der Waals surface area (Å²) in [6.07, 6.45) is 1.28. The largest absolute Gasteiger partial charge is 0.274 e. The van der Waals surface area contributed by atoms with Crippen LogP contribution >= 0.6 is 23.5 Å². The maximum Gasteiger partial charge on any atom is 0.274 e. The van der Waals surface area contributed by atoms with Crippen molar-refractivity contribution in [1.29, 1.82) is 0 Å². The molecule has 2 aromatic carbocycles. The summed E-state index contributed by atoms with van der Waals surface area (Å²) in [5.41, 5.74) is 5.42. The first-order chi connectivity index (χ1) is 11.3. The Morgan fingerprint density at radius 2 is 1.74 bits per heavy atom. The quantitative estimate of drug-likeness (QED) is 0.814. The molecular formula is C18H19NO2S2. The molecule has 0 spiro atoms. The highest BCUT2D eigenvalue weighted by atomic mass is 32.2. The maximum absolute atomic E-state index is 12.1. The molecule has 120 valence electrons. The molecule has 0 bridgehead atoms. The van der Waals surface area contributed by atoms with Crippen LogP contribution < -0.4 is 5.48 Å². The van der Waals surface area contributed by atoms with Gasteiger partial charge in [-0.05, 0) is 41.2 Å². The molecule has 1 fully saturated rings. The molecule has 1 saturated heterocycles. The van der Waals surface area contributed by atoms with E-state index in [1.807, 2.05) is 78.1 Å². The summed E-state index contributed by atoms with van der Waals surface area (Å²) in [6, 6.07) is 17.6. The molecule has 1 amide bonds. The number of amides is 1. The molecule has 0 aromatic heterocycles. The van der Waals surface area contributed by atoms with Crippen LogP contribution in [0.1, 0.15) is 32.5 Å². The molecule has 3 nitrogen and oxygen atoms in total. The number of benzene rings is 2. The zero-order valence-corrected chi connectivity index (χ0v) is 14.4. The zero-order chi connectivity index (χ0) is 15.9. The average Bonchev–Trinajstić information content (AvgIpc) is 2.63. The maximum atomic E-state index is 12.1. The first-order valence-electron chi connectivity index (χ1n) is 7.62. The molecule has 1 aliphatic heterocycles. The number of thioether (sulfide) groups is 2. The summed E-state index contributed by atoms with van der Waals surface area (Å²) in [4.78, 5) is 17.4. The van der Waals surface area contributed by atoms with Gasteiger partial charge in [0.2, 0.25) is 0 Å². The Bertz CT molecular complexity index is 625. The fourth-order valence-corrected chi connectivity index (χ4v) is 5.18. The van der Waals surface area contributed by atoms with Crippen LogP contribution in [-0.4, -0.2) is 17.4 Å². The summed E-state index contributed by atoms with van der Waals surface area (Å²) in [5.74, 6) is 2.22. The van der Waals surface area contributed by atoms with Gasteiger partial charge in [-0.15, -0.1) is 23.5 Å². The average molecular weight is 345 g/mol. The Morgan fingerprint density at radius 1 is 1.04 bits per heavy atom. The van der Waals surface area contributed by atoms with E-state index in [1.165, 1.54) is 23.5 Å². The van der Waals surface area contributed by atoms with Crippen molar-refractivity contribution in [3.63, 3.8) is 0 Å². The van der Waals surface area contributed by atoms with E-state index in [0.29, 0.717) is 16.8 Å². The Balaban J connectivity index is 1.51. The lowest BCUT2D eigenvalue weighted by atomic mass is 10.1. The molecule has 0 radical (unpaired) electrons. The van der Waals surface area contributed by atoms with Gasteiger partial charge in [-0.3, -0.25) is 9.63 Å². The molecule has 23 heavy (non-hydrogen) atoms. The van der Waals surface area contributed by atoms with Crippen molar-refractivity contribution in [2.24, 2.45) is 0 Å². The molecule has 3 rings (SSSR count). The van der Waals surface area contributed by atoms with Crippen molar-refractivity contribution in [1.82, 2.24) is 5.48 Å². The van der Waals surface area contributed by atoms with E-state index >= 15 is 0 Å². The molecule has 1 heterocycles. The fourth-order valence-electron chi connectivity index (χ4n) is 2.29. The summed E-state index contributed by atoms with van der Waals surface area (Å²) in [7, 11) is 0. The Morgan fingerprint density at radius 3 is 2.43 bits per heavy atom. The van der Waals surface area contributed by atoms with E-state index in [2.05, 4.69) is 5.48 Å². The standard InChI is InChI=1S/C18H19NO2S2/c20-17(19-21-13-14-5-2-1-3-6-14)15-7-9-16(10-8-15)18-22-11-4-12-23-18/h1-3,5-10,18H,4,11-13H2,(H,19,20). The lowest BCUT2D eigenvalue weighted by molar-refractivity contribution is 0.0233. The molecule has 1 N–H and O–H groups in total. The van der Waals surface area contributed by atoms with E-state index in [4.69, 9.17) is 4.84 Å². The van der Waals surface area contributed by atoms with Crippen molar-refractivity contribution in [3.05, 3.63) is 71.3 Å². The minimum Gasteiger partial charge on any atom is -0.269 e. The second-order valence-electron chi connectivity index (χ2n) is 5.25. The highest BCUT2D eigenvalue weighted by Crippen LogP contribution is 2.43. The van der Waals surface area contributed by atoms with Gasteiger partial charge in [-0.2, -0.15) is 0 Å². The van der Waals surface area contributed by atoms with Crippen LogP contribution in [0.3, 0.4) is 0 Å². The Kier molecular flexibility index (Phi) is 6.02. The fraction of sp³-hybridized carbons (Fsp3) is 0.278. The van der Waals surface area contributed by atoms with Crippen LogP contribution in [0.4, 0.5) is 0 Å². The van der Waals surface area contributed by atoms with Crippen LogP contribution in [0.25, 0.3) is 0 Å². The number of carbonyl (C=O) groups is 1. The molecule has 0 atom stereocenters. The predicted molar refractivity (Wildman–Crippen MR) is 97.4 cm³/mol. The van der Waals surface area contributed by atoms with Gasteiger partial charge in [0.05, 0.1) is 11.2 Å². The van der Waals surface area contributed by atoms with E-state index in [9.17, 15) is 4.79 Å². The third-order valence-corrected chi connectivity index (χ3v) is 6.53. The van der Waals surface area contributed by atoms with E-state index < -0.39 is 0 Å². The van der Waals surface area contributed by atoms with Crippen molar-refractivity contribution in [2.45, 2.75) is 17.6 Å². The van der Waals surface area contributed by atoms with Gasteiger partial charge in [0, 0.05) is 5.56 Å². The number of hydroxylamine groups is 1.